The molecule has 0 saturated heterocycles. The maximum absolute atomic E-state index is 13.2. The number of phosphoric acid groups is 1. The van der Waals surface area contributed by atoms with Crippen molar-refractivity contribution in [3.8, 4) is 0 Å². The predicted octanol–water partition coefficient (Wildman–Crippen LogP) is 10.9. The van der Waals surface area contributed by atoms with Crippen LogP contribution in [-0.4, -0.2) is 87.0 Å². The Morgan fingerprint density at radius 2 is 0.812 bits per heavy atom. The summed E-state index contributed by atoms with van der Waals surface area (Å²) in [6.45, 7) is 5.77. The van der Waals surface area contributed by atoms with Gasteiger partial charge in [-0.15, -0.1) is 0 Å². The number of carbonyl (C=O) groups excluding carboxylic acids is 3. The summed E-state index contributed by atoms with van der Waals surface area (Å²) >= 11 is 0. The second kappa shape index (κ2) is 45.1. The van der Waals surface area contributed by atoms with Gasteiger partial charge in [0.05, 0.1) is 27.7 Å². The van der Waals surface area contributed by atoms with Crippen molar-refractivity contribution >= 4 is 25.7 Å². The smallest absolute Gasteiger partial charge is 0.472 e. The molecule has 0 aromatic heterocycles. The van der Waals surface area contributed by atoms with E-state index in [-0.39, 0.29) is 51.4 Å². The van der Waals surface area contributed by atoms with Crippen molar-refractivity contribution in [1.82, 2.24) is 0 Å². The highest BCUT2D eigenvalue weighted by molar-refractivity contribution is 7.47. The van der Waals surface area contributed by atoms with E-state index in [9.17, 15) is 23.8 Å². The van der Waals surface area contributed by atoms with Gasteiger partial charge < -0.3 is 36.0 Å². The van der Waals surface area contributed by atoms with E-state index in [1.54, 1.807) is 0 Å². The largest absolute Gasteiger partial charge is 1.00 e. The van der Waals surface area contributed by atoms with Crippen molar-refractivity contribution in [2.45, 2.75) is 238 Å². The predicted molar refractivity (Wildman–Crippen MR) is 258 cm³/mol. The quantitative estimate of drug-likeness (QED) is 0.0157. The van der Waals surface area contributed by atoms with Crippen LogP contribution in [0.25, 0.3) is 0 Å². The summed E-state index contributed by atoms with van der Waals surface area (Å²) in [5, 5.41) is 0. The lowest BCUT2D eigenvalue weighted by Gasteiger charge is -2.29. The number of allylic oxidation sites excluding steroid dienone is 4. The number of likely N-dealkylation sites (N-methyl/N-ethyl adjacent to an activating group) is 1. The van der Waals surface area contributed by atoms with E-state index in [1.807, 2.05) is 28.1 Å². The molecule has 11 nitrogen and oxygen atoms in total. The van der Waals surface area contributed by atoms with Crippen LogP contribution in [0.3, 0.4) is 0 Å². The normalized spacial score (nSPS) is 13.7. The van der Waals surface area contributed by atoms with Gasteiger partial charge in [0, 0.05) is 19.3 Å². The fourth-order valence-corrected chi connectivity index (χ4v) is 8.12. The highest BCUT2D eigenvalue weighted by atomic mass is 35.5. The van der Waals surface area contributed by atoms with Crippen molar-refractivity contribution < 1.29 is 64.0 Å². The van der Waals surface area contributed by atoms with E-state index >= 15 is 0 Å². The summed E-state index contributed by atoms with van der Waals surface area (Å²) in [4.78, 5) is 48.6. The Kier molecular flexibility index (Phi) is 45.3. The van der Waals surface area contributed by atoms with E-state index < -0.39 is 44.5 Å². The van der Waals surface area contributed by atoms with E-state index in [0.29, 0.717) is 23.7 Å². The van der Waals surface area contributed by atoms with Crippen molar-refractivity contribution in [2.24, 2.45) is 0 Å². The average Bonchev–Trinajstić information content (AvgIpc) is 3.23. The number of rotatable bonds is 46. The zero-order valence-electron chi connectivity index (χ0n) is 41.8. The zero-order chi connectivity index (χ0) is 46.7. The number of carbonyl (C=O) groups is 3. The molecule has 0 amide bonds. The lowest BCUT2D eigenvalue weighted by molar-refractivity contribution is -0.873. The minimum Gasteiger partial charge on any atom is -1.00 e. The summed E-state index contributed by atoms with van der Waals surface area (Å²) in [7, 11) is 0.958. The molecule has 378 valence electrons. The number of nitrogens with zero attached hydrogens (tertiary/aromatic N) is 1. The van der Waals surface area contributed by atoms with Gasteiger partial charge in [-0.05, 0) is 70.6 Å². The summed E-state index contributed by atoms with van der Waals surface area (Å²) < 4.78 is 40.9. The van der Waals surface area contributed by atoms with Crippen molar-refractivity contribution in [1.29, 1.82) is 0 Å². The summed E-state index contributed by atoms with van der Waals surface area (Å²) in [5.74, 6) is -1.30. The standard InChI is InChI=1S/C51H96NO10P.ClH/c1-7-10-13-15-17-19-21-23-25-27-29-31-33-35-38-41-50(54)59-45-48(61-51(55)42-39-36-34-32-30-28-26-24-22-20-18-16-14-11-8-2)46-60-63(56,57)62-47(43-52(4,5)6)44-58-49(53)40-37-12-9-3;/h23-26,47-48H,7-22,27-46H2,1-6H3;1H/b25-23-,26-24-;/t47?,48-;/m1./s1. The van der Waals surface area contributed by atoms with E-state index in [0.717, 1.165) is 83.5 Å². The fraction of sp³-hybridized carbons (Fsp3) is 0.863. The molecule has 2 unspecified atom stereocenters. The molecule has 0 aromatic rings. The van der Waals surface area contributed by atoms with E-state index in [1.165, 1.54) is 83.5 Å². The van der Waals surface area contributed by atoms with Crippen LogP contribution in [0.1, 0.15) is 226 Å². The number of phosphoric ester groups is 1. The first-order valence-electron chi connectivity index (χ1n) is 25.6. The molecule has 0 saturated carbocycles. The third-order valence-corrected chi connectivity index (χ3v) is 11.9. The topological polar surface area (TPSA) is 135 Å². The number of halogens is 1. The number of hydrogen-bond donors (Lipinski definition) is 1. The number of unbranched alkanes of at least 4 members (excludes halogenated alkanes) is 24. The van der Waals surface area contributed by atoms with Crippen LogP contribution < -0.4 is 12.4 Å². The molecule has 3 atom stereocenters. The van der Waals surface area contributed by atoms with Crippen LogP contribution in [0, 0.1) is 0 Å². The molecule has 0 aromatic carbocycles. The summed E-state index contributed by atoms with van der Waals surface area (Å²) in [5.41, 5.74) is 0. The highest BCUT2D eigenvalue weighted by Crippen LogP contribution is 2.45. The molecule has 0 aliphatic heterocycles. The molecule has 0 spiro atoms. The Morgan fingerprint density at radius 1 is 0.484 bits per heavy atom. The van der Waals surface area contributed by atoms with Crippen molar-refractivity contribution in [2.75, 3.05) is 47.5 Å². The first kappa shape index (κ1) is 64.3. The molecule has 0 fully saturated rings. The molecule has 64 heavy (non-hydrogen) atoms. The first-order chi connectivity index (χ1) is 30.3. The van der Waals surface area contributed by atoms with E-state index in [2.05, 4.69) is 38.2 Å². The van der Waals surface area contributed by atoms with Gasteiger partial charge in [-0.25, -0.2) is 4.57 Å². The molecule has 13 heteroatoms. The Hall–Kier alpha value is -1.75. The first-order valence-corrected chi connectivity index (χ1v) is 27.1. The van der Waals surface area contributed by atoms with Crippen LogP contribution in [0.4, 0.5) is 0 Å². The van der Waals surface area contributed by atoms with E-state index in [4.69, 9.17) is 23.3 Å². The van der Waals surface area contributed by atoms with Gasteiger partial charge in [0.2, 0.25) is 0 Å². The molecular formula is C51H97ClNO10P. The molecular weight excluding hydrogens is 853 g/mol. The second-order valence-corrected chi connectivity index (χ2v) is 20.0. The van der Waals surface area contributed by atoms with Crippen LogP contribution in [0.5, 0.6) is 0 Å². The van der Waals surface area contributed by atoms with Crippen LogP contribution in [0.15, 0.2) is 24.3 Å². The monoisotopic (exact) mass is 950 g/mol. The van der Waals surface area contributed by atoms with Crippen molar-refractivity contribution in [3.05, 3.63) is 24.3 Å². The Balaban J connectivity index is 0. The SMILES string of the molecule is CCCCCCCC/C=C\CCCCCCCC(=O)OC[C@H](COP(=O)(O)OC(COC(=O)CCCCC)C[N+](C)(C)C)OC(=O)CCCCCCC/C=C\CCCCCCCC.[Cl-]. The number of quaternary nitrogens is 1. The minimum absolute atomic E-state index is 0. The van der Waals surface area contributed by atoms with Crippen LogP contribution in [0.2, 0.25) is 0 Å². The third-order valence-electron chi connectivity index (χ3n) is 10.9. The van der Waals surface area contributed by atoms with Gasteiger partial charge in [-0.3, -0.25) is 23.4 Å². The minimum atomic E-state index is -4.71. The van der Waals surface area contributed by atoms with Gasteiger partial charge >= 0.3 is 25.7 Å². The highest BCUT2D eigenvalue weighted by Gasteiger charge is 2.33. The lowest BCUT2D eigenvalue weighted by atomic mass is 10.1. The molecule has 0 bridgehead atoms. The summed E-state index contributed by atoms with van der Waals surface area (Å²) in [6, 6.07) is 0. The number of esters is 3. The van der Waals surface area contributed by atoms with Gasteiger partial charge in [0.25, 0.3) is 0 Å². The number of ether oxygens (including phenoxy) is 3. The maximum atomic E-state index is 13.2. The lowest BCUT2D eigenvalue weighted by Crippen LogP contribution is -3.00. The van der Waals surface area contributed by atoms with Gasteiger partial charge in [0.15, 0.2) is 12.2 Å². The van der Waals surface area contributed by atoms with Gasteiger partial charge in [-0.2, -0.15) is 0 Å². The van der Waals surface area contributed by atoms with Gasteiger partial charge in [-0.1, -0.05) is 161 Å². The van der Waals surface area contributed by atoms with Crippen LogP contribution >= 0.6 is 7.82 Å². The Morgan fingerprint density at radius 3 is 1.22 bits per heavy atom. The van der Waals surface area contributed by atoms with Crippen molar-refractivity contribution in [3.63, 3.8) is 0 Å². The number of hydrogen-bond acceptors (Lipinski definition) is 9. The van der Waals surface area contributed by atoms with Gasteiger partial charge in [0.1, 0.15) is 19.8 Å². The fourth-order valence-electron chi connectivity index (χ4n) is 7.20. The summed E-state index contributed by atoms with van der Waals surface area (Å²) in [6.07, 6.45) is 40.5. The maximum Gasteiger partial charge on any atom is 0.472 e. The molecule has 1 N–H and O–H groups in total. The molecule has 0 radical (unpaired) electrons. The molecule has 0 rings (SSSR count). The Bertz CT molecular complexity index is 1210. The second-order valence-electron chi connectivity index (χ2n) is 18.6. The zero-order valence-corrected chi connectivity index (χ0v) is 43.5. The molecule has 0 aliphatic rings. The third kappa shape index (κ3) is 46.8. The average molecular weight is 951 g/mol. The molecule has 0 aliphatic carbocycles. The molecule has 0 heterocycles. The Labute approximate surface area is 398 Å². The van der Waals surface area contributed by atoms with Crippen LogP contribution in [-0.2, 0) is 42.2 Å².